The highest BCUT2D eigenvalue weighted by Gasteiger charge is 2.12. The van der Waals surface area contributed by atoms with E-state index in [1.54, 1.807) is 19.1 Å². The molecule has 1 atom stereocenters. The molecule has 0 radical (unpaired) electrons. The Bertz CT molecular complexity index is 323. The number of aliphatic hydroxyl groups excluding tert-OH is 1. The van der Waals surface area contributed by atoms with Crippen molar-refractivity contribution in [3.8, 4) is 11.5 Å². The van der Waals surface area contributed by atoms with E-state index in [0.717, 1.165) is 0 Å². The lowest BCUT2D eigenvalue weighted by Gasteiger charge is -2.13. The van der Waals surface area contributed by atoms with Crippen LogP contribution in [0.15, 0.2) is 12.1 Å². The molecule has 0 saturated carbocycles. The van der Waals surface area contributed by atoms with Crippen LogP contribution in [0.25, 0.3) is 0 Å². The Morgan fingerprint density at radius 2 is 1.93 bits per heavy atom. The summed E-state index contributed by atoms with van der Waals surface area (Å²) in [5.74, 6) is 1.03. The zero-order chi connectivity index (χ0) is 10.7. The maximum atomic E-state index is 9.38. The molecular formula is C10H15NO3. The highest BCUT2D eigenvalue weighted by atomic mass is 16.5. The van der Waals surface area contributed by atoms with Gasteiger partial charge in [0, 0.05) is 0 Å². The van der Waals surface area contributed by atoms with Crippen LogP contribution in [0.5, 0.6) is 11.5 Å². The number of anilines is 1. The number of ether oxygens (including phenoxy) is 2. The molecule has 0 bridgehead atoms. The van der Waals surface area contributed by atoms with Crippen LogP contribution >= 0.6 is 0 Å². The van der Waals surface area contributed by atoms with Crippen LogP contribution in [-0.4, -0.2) is 19.3 Å². The van der Waals surface area contributed by atoms with Crippen molar-refractivity contribution >= 4 is 5.69 Å². The largest absolute Gasteiger partial charge is 0.493 e. The summed E-state index contributed by atoms with van der Waals surface area (Å²) in [6, 6.07) is 3.38. The predicted octanol–water partition coefficient (Wildman–Crippen LogP) is 1.34. The first kappa shape index (κ1) is 10.7. The van der Waals surface area contributed by atoms with Gasteiger partial charge in [-0.15, -0.1) is 0 Å². The molecule has 14 heavy (non-hydrogen) atoms. The lowest BCUT2D eigenvalue weighted by atomic mass is 10.1. The summed E-state index contributed by atoms with van der Waals surface area (Å²) in [6.07, 6.45) is -0.572. The molecule has 0 aromatic heterocycles. The van der Waals surface area contributed by atoms with E-state index >= 15 is 0 Å². The lowest BCUT2D eigenvalue weighted by molar-refractivity contribution is 0.198. The molecule has 0 aliphatic rings. The summed E-state index contributed by atoms with van der Waals surface area (Å²) in [5, 5.41) is 9.38. The van der Waals surface area contributed by atoms with Crippen molar-refractivity contribution in [2.24, 2.45) is 0 Å². The number of nitrogen functional groups attached to an aromatic ring is 1. The van der Waals surface area contributed by atoms with Crippen LogP contribution in [0.3, 0.4) is 0 Å². The Kier molecular flexibility index (Phi) is 3.19. The molecule has 1 aromatic carbocycles. The first-order chi connectivity index (χ1) is 6.60. The first-order valence-corrected chi connectivity index (χ1v) is 4.29. The van der Waals surface area contributed by atoms with Gasteiger partial charge in [-0.3, -0.25) is 0 Å². The van der Waals surface area contributed by atoms with E-state index in [4.69, 9.17) is 15.2 Å². The van der Waals surface area contributed by atoms with Crippen LogP contribution in [0.4, 0.5) is 5.69 Å². The van der Waals surface area contributed by atoms with Crippen molar-refractivity contribution in [3.63, 3.8) is 0 Å². The summed E-state index contributed by atoms with van der Waals surface area (Å²) < 4.78 is 10.2. The van der Waals surface area contributed by atoms with Gasteiger partial charge < -0.3 is 20.3 Å². The Morgan fingerprint density at radius 3 is 2.36 bits per heavy atom. The number of nitrogens with two attached hydrogens (primary N) is 1. The number of hydrogen-bond acceptors (Lipinski definition) is 4. The molecule has 4 nitrogen and oxygen atoms in total. The van der Waals surface area contributed by atoms with Gasteiger partial charge in [-0.25, -0.2) is 0 Å². The second kappa shape index (κ2) is 4.19. The van der Waals surface area contributed by atoms with Gasteiger partial charge in [-0.1, -0.05) is 0 Å². The van der Waals surface area contributed by atoms with Gasteiger partial charge in [-0.2, -0.15) is 0 Å². The van der Waals surface area contributed by atoms with Crippen molar-refractivity contribution in [2.45, 2.75) is 13.0 Å². The third kappa shape index (κ3) is 1.90. The highest BCUT2D eigenvalue weighted by molar-refractivity contribution is 5.62. The van der Waals surface area contributed by atoms with Crippen molar-refractivity contribution in [2.75, 3.05) is 20.0 Å². The zero-order valence-corrected chi connectivity index (χ0v) is 8.57. The predicted molar refractivity (Wildman–Crippen MR) is 54.6 cm³/mol. The second-order valence-electron chi connectivity index (χ2n) is 3.02. The number of methoxy groups -OCH3 is 2. The Labute approximate surface area is 83.3 Å². The minimum absolute atomic E-state index is 0.461. The van der Waals surface area contributed by atoms with E-state index in [9.17, 15) is 5.11 Å². The minimum Gasteiger partial charge on any atom is -0.493 e. The van der Waals surface area contributed by atoms with Crippen LogP contribution in [0, 0.1) is 0 Å². The summed E-state index contributed by atoms with van der Waals surface area (Å²) >= 11 is 0. The van der Waals surface area contributed by atoms with Gasteiger partial charge in [0.1, 0.15) is 0 Å². The molecule has 0 saturated heterocycles. The maximum Gasteiger partial charge on any atom is 0.183 e. The quantitative estimate of drug-likeness (QED) is 0.718. The molecular weight excluding hydrogens is 182 g/mol. The van der Waals surface area contributed by atoms with Gasteiger partial charge >= 0.3 is 0 Å². The van der Waals surface area contributed by atoms with E-state index in [1.807, 2.05) is 0 Å². The number of hydrogen-bond donors (Lipinski definition) is 2. The van der Waals surface area contributed by atoms with Gasteiger partial charge in [0.25, 0.3) is 0 Å². The molecule has 0 amide bonds. The fraction of sp³-hybridized carbons (Fsp3) is 0.400. The summed E-state index contributed by atoms with van der Waals surface area (Å²) in [6.45, 7) is 1.67. The third-order valence-electron chi connectivity index (χ3n) is 2.01. The van der Waals surface area contributed by atoms with Gasteiger partial charge in [-0.05, 0) is 24.6 Å². The molecule has 1 unspecified atom stereocenters. The van der Waals surface area contributed by atoms with Gasteiger partial charge in [0.15, 0.2) is 11.5 Å². The summed E-state index contributed by atoms with van der Waals surface area (Å²) in [4.78, 5) is 0. The number of rotatable bonds is 3. The fourth-order valence-electron chi connectivity index (χ4n) is 1.26. The molecule has 4 heteroatoms. The first-order valence-electron chi connectivity index (χ1n) is 4.29. The van der Waals surface area contributed by atoms with E-state index in [2.05, 4.69) is 0 Å². The SMILES string of the molecule is COc1cc(C(C)O)cc(N)c1OC. The fourth-order valence-corrected chi connectivity index (χ4v) is 1.26. The topological polar surface area (TPSA) is 64.7 Å². The lowest BCUT2D eigenvalue weighted by Crippen LogP contribution is -2.00. The maximum absolute atomic E-state index is 9.38. The third-order valence-corrected chi connectivity index (χ3v) is 2.01. The molecule has 0 fully saturated rings. The van der Waals surface area contributed by atoms with Crippen molar-refractivity contribution < 1.29 is 14.6 Å². The molecule has 0 aliphatic carbocycles. The van der Waals surface area contributed by atoms with Crippen molar-refractivity contribution in [1.82, 2.24) is 0 Å². The van der Waals surface area contributed by atoms with Gasteiger partial charge in [0.05, 0.1) is 26.0 Å². The molecule has 3 N–H and O–H groups in total. The van der Waals surface area contributed by atoms with E-state index in [-0.39, 0.29) is 0 Å². The summed E-state index contributed by atoms with van der Waals surface area (Å²) in [7, 11) is 3.05. The second-order valence-corrected chi connectivity index (χ2v) is 3.02. The van der Waals surface area contributed by atoms with E-state index < -0.39 is 6.10 Å². The van der Waals surface area contributed by atoms with Gasteiger partial charge in [0.2, 0.25) is 0 Å². The molecule has 1 rings (SSSR count). The monoisotopic (exact) mass is 197 g/mol. The Hall–Kier alpha value is -1.42. The average molecular weight is 197 g/mol. The molecule has 0 heterocycles. The van der Waals surface area contributed by atoms with E-state index in [1.165, 1.54) is 14.2 Å². The minimum atomic E-state index is -0.572. The molecule has 78 valence electrons. The average Bonchev–Trinajstić information content (AvgIpc) is 2.16. The van der Waals surface area contributed by atoms with Crippen molar-refractivity contribution in [1.29, 1.82) is 0 Å². The number of aliphatic hydroxyl groups is 1. The standard InChI is InChI=1S/C10H15NO3/c1-6(12)7-4-8(11)10(14-3)9(5-7)13-2/h4-6,12H,11H2,1-3H3. The number of benzene rings is 1. The van der Waals surface area contributed by atoms with Crippen LogP contribution in [0.1, 0.15) is 18.6 Å². The van der Waals surface area contributed by atoms with Crippen molar-refractivity contribution in [3.05, 3.63) is 17.7 Å². The van der Waals surface area contributed by atoms with E-state index in [0.29, 0.717) is 22.7 Å². The molecule has 1 aromatic rings. The molecule has 0 spiro atoms. The van der Waals surface area contributed by atoms with Crippen LogP contribution < -0.4 is 15.2 Å². The summed E-state index contributed by atoms with van der Waals surface area (Å²) in [5.41, 5.74) is 6.90. The zero-order valence-electron chi connectivity index (χ0n) is 8.57. The van der Waals surface area contributed by atoms with Crippen LogP contribution in [-0.2, 0) is 0 Å². The Morgan fingerprint density at radius 1 is 1.29 bits per heavy atom. The smallest absolute Gasteiger partial charge is 0.183 e. The highest BCUT2D eigenvalue weighted by Crippen LogP contribution is 2.35. The molecule has 0 aliphatic heterocycles. The Balaban J connectivity index is 3.24. The normalized spacial score (nSPS) is 12.3. The van der Waals surface area contributed by atoms with Crippen LogP contribution in [0.2, 0.25) is 0 Å².